The van der Waals surface area contributed by atoms with E-state index in [9.17, 15) is 4.79 Å². The Morgan fingerprint density at radius 1 is 0.941 bits per heavy atom. The van der Waals surface area contributed by atoms with E-state index in [0.29, 0.717) is 23.7 Å². The molecule has 0 saturated carbocycles. The molecule has 0 atom stereocenters. The predicted octanol–water partition coefficient (Wildman–Crippen LogP) is 5.90. The van der Waals surface area contributed by atoms with Gasteiger partial charge in [0.1, 0.15) is 5.75 Å². The van der Waals surface area contributed by atoms with Gasteiger partial charge in [-0.25, -0.2) is 0 Å². The van der Waals surface area contributed by atoms with Gasteiger partial charge in [0, 0.05) is 25.2 Å². The van der Waals surface area contributed by atoms with Crippen molar-refractivity contribution in [3.05, 3.63) is 65.2 Å². The van der Waals surface area contributed by atoms with E-state index in [4.69, 9.17) is 4.74 Å². The molecule has 1 amide bonds. The number of carbonyl (C=O) groups is 1. The second-order valence-electron chi connectivity index (χ2n) is 11.2. The third-order valence-corrected chi connectivity index (χ3v) is 7.65. The number of para-hydroxylation sites is 1. The van der Waals surface area contributed by atoms with Crippen molar-refractivity contribution < 1.29 is 9.53 Å². The number of nitrogens with zero attached hydrogens (tertiary/aromatic N) is 2. The highest BCUT2D eigenvalue weighted by atomic mass is 16.5. The largest absolute Gasteiger partial charge is 0.493 e. The fourth-order valence-corrected chi connectivity index (χ4v) is 5.32. The molecule has 0 unspecified atom stereocenters. The predicted molar refractivity (Wildman–Crippen MR) is 139 cm³/mol. The molecule has 2 aromatic carbocycles. The van der Waals surface area contributed by atoms with Crippen LogP contribution in [0.3, 0.4) is 0 Å². The first kappa shape index (κ1) is 24.8. The van der Waals surface area contributed by atoms with Crippen molar-refractivity contribution in [3.63, 3.8) is 0 Å². The number of likely N-dealkylation sites (tertiary alicyclic amines) is 2. The van der Waals surface area contributed by atoms with Crippen molar-refractivity contribution in [2.75, 3.05) is 32.8 Å². The van der Waals surface area contributed by atoms with E-state index >= 15 is 0 Å². The summed E-state index contributed by atoms with van der Waals surface area (Å²) in [5, 5.41) is 0. The summed E-state index contributed by atoms with van der Waals surface area (Å²) in [5.74, 6) is 2.36. The van der Waals surface area contributed by atoms with Crippen LogP contribution in [0.15, 0.2) is 48.5 Å². The highest BCUT2D eigenvalue weighted by molar-refractivity contribution is 5.79. The summed E-state index contributed by atoms with van der Waals surface area (Å²) in [6, 6.07) is 17.1. The van der Waals surface area contributed by atoms with Gasteiger partial charge in [0.25, 0.3) is 0 Å². The summed E-state index contributed by atoms with van der Waals surface area (Å²) in [7, 11) is 0. The van der Waals surface area contributed by atoms with Gasteiger partial charge in [0.2, 0.25) is 5.91 Å². The van der Waals surface area contributed by atoms with Gasteiger partial charge in [0.15, 0.2) is 0 Å². The van der Waals surface area contributed by atoms with Crippen molar-refractivity contribution in [2.24, 2.45) is 11.3 Å². The molecule has 2 saturated heterocycles. The quantitative estimate of drug-likeness (QED) is 0.489. The fourth-order valence-electron chi connectivity index (χ4n) is 5.32. The Kier molecular flexibility index (Phi) is 7.98. The van der Waals surface area contributed by atoms with Gasteiger partial charge in [-0.05, 0) is 66.8 Å². The van der Waals surface area contributed by atoms with Gasteiger partial charge < -0.3 is 9.64 Å². The van der Waals surface area contributed by atoms with E-state index in [0.717, 1.165) is 57.1 Å². The van der Waals surface area contributed by atoms with Crippen LogP contribution in [0.4, 0.5) is 0 Å². The van der Waals surface area contributed by atoms with Crippen LogP contribution in [0.25, 0.3) is 0 Å². The van der Waals surface area contributed by atoms with Gasteiger partial charge in [-0.3, -0.25) is 9.69 Å². The Bertz CT molecular complexity index is 943. The van der Waals surface area contributed by atoms with E-state index < -0.39 is 0 Å². The van der Waals surface area contributed by atoms with E-state index in [1.165, 1.54) is 24.0 Å². The molecule has 0 aromatic heterocycles. The van der Waals surface area contributed by atoms with Crippen LogP contribution in [0.1, 0.15) is 69.6 Å². The minimum atomic E-state index is 0.285. The Labute approximate surface area is 206 Å². The number of carbonyl (C=O) groups excluding carboxylic acids is 1. The highest BCUT2D eigenvalue weighted by Crippen LogP contribution is 2.41. The molecule has 0 bridgehead atoms. The summed E-state index contributed by atoms with van der Waals surface area (Å²) in [5.41, 5.74) is 4.05. The van der Waals surface area contributed by atoms with E-state index in [2.05, 4.69) is 86.0 Å². The minimum Gasteiger partial charge on any atom is -0.493 e. The normalized spacial score (nSPS) is 18.2. The summed E-state index contributed by atoms with van der Waals surface area (Å²) in [6.45, 7) is 14.5. The molecule has 2 fully saturated rings. The Hall–Kier alpha value is -2.33. The van der Waals surface area contributed by atoms with Crippen molar-refractivity contribution in [2.45, 2.75) is 65.8 Å². The summed E-state index contributed by atoms with van der Waals surface area (Å²) in [6.07, 6.45) is 4.02. The van der Waals surface area contributed by atoms with Crippen molar-refractivity contribution in [1.29, 1.82) is 0 Å². The smallest absolute Gasteiger partial charge is 0.227 e. The zero-order valence-corrected chi connectivity index (χ0v) is 21.6. The summed E-state index contributed by atoms with van der Waals surface area (Å²) in [4.78, 5) is 17.7. The fraction of sp³-hybridized carbons (Fsp3) is 0.567. The topological polar surface area (TPSA) is 32.8 Å². The second kappa shape index (κ2) is 10.9. The van der Waals surface area contributed by atoms with Crippen LogP contribution in [0, 0.1) is 11.3 Å². The molecule has 4 heteroatoms. The molecule has 184 valence electrons. The lowest BCUT2D eigenvalue weighted by molar-refractivity contribution is -0.130. The van der Waals surface area contributed by atoms with Crippen LogP contribution in [-0.4, -0.2) is 48.5 Å². The zero-order chi connectivity index (χ0) is 24.1. The average Bonchev–Trinajstić information content (AvgIpc) is 3.24. The van der Waals surface area contributed by atoms with Crippen molar-refractivity contribution in [3.8, 4) is 5.75 Å². The first-order valence-electron chi connectivity index (χ1n) is 13.1. The SMILES string of the molecule is CC(C)COc1ccccc1CN1CCC2(CC1)CCN(C(=O)Cc1ccc(C(C)C)cc1)C2. The number of hydrogen-bond acceptors (Lipinski definition) is 3. The lowest BCUT2D eigenvalue weighted by Gasteiger charge is -2.39. The first-order valence-corrected chi connectivity index (χ1v) is 13.1. The van der Waals surface area contributed by atoms with Gasteiger partial charge in [-0.2, -0.15) is 0 Å². The third kappa shape index (κ3) is 6.21. The number of amides is 1. The van der Waals surface area contributed by atoms with Crippen LogP contribution in [0.5, 0.6) is 5.75 Å². The lowest BCUT2D eigenvalue weighted by atomic mass is 9.77. The van der Waals surface area contributed by atoms with Crippen LogP contribution in [-0.2, 0) is 17.8 Å². The maximum Gasteiger partial charge on any atom is 0.227 e. The Morgan fingerprint density at radius 2 is 1.62 bits per heavy atom. The monoisotopic (exact) mass is 462 g/mol. The molecule has 34 heavy (non-hydrogen) atoms. The molecule has 4 nitrogen and oxygen atoms in total. The molecule has 2 heterocycles. The Balaban J connectivity index is 1.28. The van der Waals surface area contributed by atoms with Gasteiger partial charge in [-0.1, -0.05) is 70.2 Å². The number of hydrogen-bond donors (Lipinski definition) is 0. The van der Waals surface area contributed by atoms with Gasteiger partial charge in [-0.15, -0.1) is 0 Å². The second-order valence-corrected chi connectivity index (χ2v) is 11.2. The van der Waals surface area contributed by atoms with Gasteiger partial charge in [0.05, 0.1) is 13.0 Å². The molecule has 2 aromatic rings. The molecule has 2 aliphatic heterocycles. The van der Waals surface area contributed by atoms with Crippen LogP contribution < -0.4 is 4.74 Å². The zero-order valence-electron chi connectivity index (χ0n) is 21.6. The maximum atomic E-state index is 13.0. The molecule has 0 N–H and O–H groups in total. The van der Waals surface area contributed by atoms with E-state index in [1.807, 2.05) is 0 Å². The van der Waals surface area contributed by atoms with Crippen molar-refractivity contribution >= 4 is 5.91 Å². The average molecular weight is 463 g/mol. The lowest BCUT2D eigenvalue weighted by Crippen LogP contribution is -2.42. The van der Waals surface area contributed by atoms with E-state index in [-0.39, 0.29) is 5.91 Å². The minimum absolute atomic E-state index is 0.285. The standard InChI is InChI=1S/C30H42N2O2/c1-23(2)21-34-28-8-6-5-7-27(28)20-31-16-13-30(14-17-31)15-18-32(22-30)29(33)19-25-9-11-26(12-10-25)24(3)4/h5-12,23-24H,13-22H2,1-4H3. The molecule has 4 rings (SSSR count). The molecule has 0 aliphatic carbocycles. The summed E-state index contributed by atoms with van der Waals surface area (Å²) < 4.78 is 6.07. The number of rotatable bonds is 8. The number of piperidine rings is 1. The van der Waals surface area contributed by atoms with Crippen LogP contribution in [0.2, 0.25) is 0 Å². The van der Waals surface area contributed by atoms with Crippen LogP contribution >= 0.6 is 0 Å². The molecule has 1 spiro atoms. The summed E-state index contributed by atoms with van der Waals surface area (Å²) >= 11 is 0. The maximum absolute atomic E-state index is 13.0. The number of benzene rings is 2. The highest BCUT2D eigenvalue weighted by Gasteiger charge is 2.41. The Morgan fingerprint density at radius 3 is 2.29 bits per heavy atom. The van der Waals surface area contributed by atoms with E-state index in [1.54, 1.807) is 0 Å². The van der Waals surface area contributed by atoms with Crippen molar-refractivity contribution in [1.82, 2.24) is 9.80 Å². The molecule has 2 aliphatic rings. The van der Waals surface area contributed by atoms with Gasteiger partial charge >= 0.3 is 0 Å². The first-order chi connectivity index (χ1) is 16.3. The third-order valence-electron chi connectivity index (χ3n) is 7.65. The number of ether oxygens (including phenoxy) is 1. The molecular formula is C30H42N2O2. The molecular weight excluding hydrogens is 420 g/mol. The molecule has 0 radical (unpaired) electrons.